The van der Waals surface area contributed by atoms with Crippen molar-refractivity contribution in [3.63, 3.8) is 0 Å². The van der Waals surface area contributed by atoms with Crippen molar-refractivity contribution in [2.75, 3.05) is 0 Å². The van der Waals surface area contributed by atoms with E-state index in [0.717, 1.165) is 0 Å². The third-order valence-corrected chi connectivity index (χ3v) is 19.6. The fourth-order valence-corrected chi connectivity index (χ4v) is 18.0. The summed E-state index contributed by atoms with van der Waals surface area (Å²) in [5, 5.41) is 0. The van der Waals surface area contributed by atoms with Crippen LogP contribution >= 0.6 is 0 Å². The molecule has 1 nitrogen and oxygen atoms in total. The van der Waals surface area contributed by atoms with Gasteiger partial charge in [-0.25, -0.2) is 0 Å². The molecule has 6 heteroatoms. The Bertz CT molecular complexity index is 200. The van der Waals surface area contributed by atoms with E-state index in [9.17, 15) is 0 Å². The Kier molecular flexibility index (Phi) is 3.32. The number of hydrogen-bond acceptors (Lipinski definition) is 1. The molecule has 1 aliphatic heterocycles. The second-order valence-corrected chi connectivity index (χ2v) is 37.3. The van der Waals surface area contributed by atoms with Gasteiger partial charge < -0.3 is 4.43 Å². The highest BCUT2D eigenvalue weighted by Crippen LogP contribution is 2.34. The fraction of sp³-hybridized carbons (Fsp3) is 1.00. The molecule has 1 heterocycles. The average Bonchev–Trinajstić information content (AvgIpc) is 1.80. The van der Waals surface area contributed by atoms with Crippen molar-refractivity contribution in [3.05, 3.63) is 0 Å². The summed E-state index contributed by atoms with van der Waals surface area (Å²) in [6.07, 6.45) is 2.89. The standard InChI is InChI=1S/C7H24OSi5/c1-12(2,3)7(9)5-4-6-13(10,11)8-7/h4-6H2,1-3,9-11H3. The van der Waals surface area contributed by atoms with Crippen LogP contribution in [0.2, 0.25) is 25.7 Å². The maximum absolute atomic E-state index is 6.61. The molecule has 0 saturated carbocycles. The maximum Gasteiger partial charge on any atom is 0.147 e. The summed E-state index contributed by atoms with van der Waals surface area (Å²) in [6, 6.07) is 1.50. The molecular weight excluding hydrogens is 241 g/mol. The molecule has 1 saturated heterocycles. The highest BCUT2D eigenvalue weighted by atomic mass is 29.6. The van der Waals surface area contributed by atoms with Crippen LogP contribution in [0, 0.1) is 0 Å². The van der Waals surface area contributed by atoms with Gasteiger partial charge in [-0.1, -0.05) is 26.1 Å². The molecule has 1 atom stereocenters. The summed E-state index contributed by atoms with van der Waals surface area (Å²) in [7, 11) is 2.01. The maximum atomic E-state index is 6.61. The lowest BCUT2D eigenvalue weighted by Gasteiger charge is -2.50. The van der Waals surface area contributed by atoms with E-state index in [0.29, 0.717) is 4.85 Å². The van der Waals surface area contributed by atoms with Gasteiger partial charge in [0, 0.05) is 34.6 Å². The first-order valence-corrected chi connectivity index (χ1v) is 19.0. The summed E-state index contributed by atoms with van der Waals surface area (Å²) < 4.78 is 6.61. The zero-order chi connectivity index (χ0) is 10.3. The Morgan fingerprint density at radius 3 is 2.15 bits per heavy atom. The van der Waals surface area contributed by atoms with E-state index in [-0.39, 0.29) is 0 Å². The first kappa shape index (κ1) is 12.1. The van der Waals surface area contributed by atoms with Crippen LogP contribution in [-0.4, -0.2) is 50.0 Å². The van der Waals surface area contributed by atoms with Crippen molar-refractivity contribution in [1.82, 2.24) is 0 Å². The van der Waals surface area contributed by atoms with Crippen LogP contribution in [0.4, 0.5) is 0 Å². The predicted octanol–water partition coefficient (Wildman–Crippen LogP) is -1.59. The zero-order valence-corrected chi connectivity index (χ0v) is 18.0. The SMILES string of the molecule is C[Si](C)(C)C1([SiH3])CCC[Si]([SiH3])([SiH3])O1. The molecule has 0 amide bonds. The van der Waals surface area contributed by atoms with Crippen LogP contribution < -0.4 is 0 Å². The molecule has 1 rings (SSSR count). The Balaban J connectivity index is 2.81. The third-order valence-electron chi connectivity index (χ3n) is 3.52. The molecule has 0 spiro atoms. The lowest BCUT2D eigenvalue weighted by Crippen LogP contribution is -2.64. The largest absolute Gasteiger partial charge is 0.426 e. The Morgan fingerprint density at radius 1 is 1.31 bits per heavy atom. The topological polar surface area (TPSA) is 9.23 Å². The molecule has 0 radical (unpaired) electrons. The molecule has 0 aromatic carbocycles. The highest BCUT2D eigenvalue weighted by Gasteiger charge is 2.46. The Labute approximate surface area is 93.0 Å². The molecule has 0 aromatic heterocycles. The minimum atomic E-state index is -1.05. The van der Waals surface area contributed by atoms with Crippen LogP contribution in [-0.2, 0) is 4.43 Å². The van der Waals surface area contributed by atoms with E-state index in [2.05, 4.69) is 19.6 Å². The van der Waals surface area contributed by atoms with Crippen molar-refractivity contribution in [1.29, 1.82) is 0 Å². The van der Waals surface area contributed by atoms with Crippen LogP contribution in [0.5, 0.6) is 0 Å². The third kappa shape index (κ3) is 2.75. The molecule has 78 valence electrons. The van der Waals surface area contributed by atoms with E-state index in [1.165, 1.54) is 48.6 Å². The highest BCUT2D eigenvalue weighted by molar-refractivity contribution is 7.38. The molecule has 1 aliphatic rings. The second-order valence-electron chi connectivity index (χ2n) is 6.20. The number of hydrogen-bond donors (Lipinski definition) is 0. The number of rotatable bonds is 1. The van der Waals surface area contributed by atoms with Gasteiger partial charge in [-0.15, -0.1) is 0 Å². The van der Waals surface area contributed by atoms with E-state index in [4.69, 9.17) is 4.43 Å². The van der Waals surface area contributed by atoms with Crippen molar-refractivity contribution in [2.24, 2.45) is 0 Å². The summed E-state index contributed by atoms with van der Waals surface area (Å²) in [6.45, 7) is 7.50. The molecule has 0 aromatic rings. The fourth-order valence-electron chi connectivity index (χ4n) is 2.09. The van der Waals surface area contributed by atoms with Gasteiger partial charge in [0.05, 0.1) is 8.07 Å². The minimum Gasteiger partial charge on any atom is -0.426 e. The van der Waals surface area contributed by atoms with Crippen molar-refractivity contribution >= 4 is 45.2 Å². The normalized spacial score (nSPS) is 42.7. The Morgan fingerprint density at radius 2 is 1.85 bits per heavy atom. The van der Waals surface area contributed by atoms with Gasteiger partial charge in [0.2, 0.25) is 0 Å². The van der Waals surface area contributed by atoms with Crippen molar-refractivity contribution in [3.8, 4) is 0 Å². The van der Waals surface area contributed by atoms with Crippen LogP contribution in [0.3, 0.4) is 0 Å². The van der Waals surface area contributed by atoms with E-state index in [1.807, 2.05) is 0 Å². The van der Waals surface area contributed by atoms with E-state index < -0.39 is 15.4 Å². The van der Waals surface area contributed by atoms with Crippen LogP contribution in [0.1, 0.15) is 12.8 Å². The summed E-state index contributed by atoms with van der Waals surface area (Å²) in [4.78, 5) is 0.459. The van der Waals surface area contributed by atoms with Gasteiger partial charge in [0.15, 0.2) is 0 Å². The van der Waals surface area contributed by atoms with Gasteiger partial charge in [-0.2, -0.15) is 0 Å². The summed E-state index contributed by atoms with van der Waals surface area (Å²) >= 11 is 0. The minimum absolute atomic E-state index is 0.459. The lowest BCUT2D eigenvalue weighted by atomic mass is 10.3. The van der Waals surface area contributed by atoms with E-state index >= 15 is 0 Å². The molecule has 0 bridgehead atoms. The van der Waals surface area contributed by atoms with Crippen molar-refractivity contribution in [2.45, 2.75) is 43.4 Å². The van der Waals surface area contributed by atoms with Gasteiger partial charge in [0.1, 0.15) is 7.35 Å². The zero-order valence-electron chi connectivity index (χ0n) is 10.0. The summed E-state index contributed by atoms with van der Waals surface area (Å²) in [5.74, 6) is 0. The molecule has 13 heavy (non-hydrogen) atoms. The molecular formula is C7H24OSi5. The van der Waals surface area contributed by atoms with Gasteiger partial charge >= 0.3 is 0 Å². The van der Waals surface area contributed by atoms with E-state index in [1.54, 1.807) is 0 Å². The van der Waals surface area contributed by atoms with Gasteiger partial charge in [-0.3, -0.25) is 0 Å². The lowest BCUT2D eigenvalue weighted by molar-refractivity contribution is 0.198. The van der Waals surface area contributed by atoms with Gasteiger partial charge in [0.25, 0.3) is 0 Å². The average molecular weight is 265 g/mol. The van der Waals surface area contributed by atoms with Crippen LogP contribution in [0.25, 0.3) is 0 Å². The Hall–Kier alpha value is 1.04. The molecule has 0 N–H and O–H groups in total. The van der Waals surface area contributed by atoms with Gasteiger partial charge in [-0.05, 0) is 12.5 Å². The smallest absolute Gasteiger partial charge is 0.147 e. The second kappa shape index (κ2) is 3.56. The molecule has 1 fully saturated rings. The monoisotopic (exact) mass is 264 g/mol. The quantitative estimate of drug-likeness (QED) is 0.519. The van der Waals surface area contributed by atoms with Crippen molar-refractivity contribution < 1.29 is 4.43 Å². The van der Waals surface area contributed by atoms with Crippen LogP contribution in [0.15, 0.2) is 0 Å². The predicted molar refractivity (Wildman–Crippen MR) is 76.8 cm³/mol. The first-order valence-electron chi connectivity index (χ1n) is 5.37. The molecule has 0 aliphatic carbocycles. The summed E-state index contributed by atoms with van der Waals surface area (Å²) in [5.41, 5.74) is 0. The first-order chi connectivity index (χ1) is 5.66. The molecule has 1 unspecified atom stereocenters.